The Morgan fingerprint density at radius 1 is 0.973 bits per heavy atom. The molecule has 2 aromatic carbocycles. The number of hydrogen-bond acceptors (Lipinski definition) is 6. The summed E-state index contributed by atoms with van der Waals surface area (Å²) < 4.78 is 6.98. The Kier molecular flexibility index (Phi) is 8.79. The van der Waals surface area contributed by atoms with E-state index in [0.29, 0.717) is 36.4 Å². The normalized spacial score (nSPS) is 17.3. The number of carboxylic acid groups (broad SMARTS) is 1. The zero-order chi connectivity index (χ0) is 26.2. The lowest BCUT2D eigenvalue weighted by atomic mass is 9.82. The van der Waals surface area contributed by atoms with Gasteiger partial charge in [-0.05, 0) is 44.4 Å². The van der Waals surface area contributed by atoms with E-state index in [1.54, 1.807) is 0 Å². The second-order valence-electron chi connectivity index (χ2n) is 9.58. The highest BCUT2D eigenvalue weighted by molar-refractivity contribution is 5.81. The van der Waals surface area contributed by atoms with Crippen LogP contribution in [0.2, 0.25) is 0 Å². The number of nitrogens with zero attached hydrogens (tertiary/aromatic N) is 3. The summed E-state index contributed by atoms with van der Waals surface area (Å²) in [6, 6.07) is 17.7. The molecule has 1 fully saturated rings. The van der Waals surface area contributed by atoms with Crippen LogP contribution in [-0.4, -0.2) is 51.5 Å². The molecule has 0 spiro atoms. The van der Waals surface area contributed by atoms with Crippen LogP contribution < -0.4 is 11.0 Å². The average molecular weight is 505 g/mol. The molecule has 0 aliphatic heterocycles. The molecule has 1 heterocycles. The van der Waals surface area contributed by atoms with Crippen LogP contribution in [0.4, 0.5) is 0 Å². The Balaban J connectivity index is 1.40. The third-order valence-electron chi connectivity index (χ3n) is 6.67. The van der Waals surface area contributed by atoms with Crippen molar-refractivity contribution in [3.8, 4) is 22.5 Å². The van der Waals surface area contributed by atoms with Crippen molar-refractivity contribution in [2.45, 2.75) is 39.2 Å². The van der Waals surface area contributed by atoms with Crippen molar-refractivity contribution >= 4 is 11.9 Å². The second-order valence-corrected chi connectivity index (χ2v) is 9.58. The number of hydrogen-bond donors (Lipinski definition) is 2. The molecule has 0 bridgehead atoms. The molecule has 1 amide bonds. The van der Waals surface area contributed by atoms with Gasteiger partial charge >= 0.3 is 11.7 Å². The minimum Gasteiger partial charge on any atom is -0.480 e. The van der Waals surface area contributed by atoms with Crippen LogP contribution in [0.3, 0.4) is 0 Å². The highest BCUT2D eigenvalue weighted by Crippen LogP contribution is 2.31. The fourth-order valence-corrected chi connectivity index (χ4v) is 4.61. The van der Waals surface area contributed by atoms with E-state index in [1.807, 2.05) is 61.5 Å². The summed E-state index contributed by atoms with van der Waals surface area (Å²) in [4.78, 5) is 39.5. The van der Waals surface area contributed by atoms with E-state index < -0.39 is 18.4 Å². The number of aliphatic carboxylic acids is 1. The minimum atomic E-state index is -1.09. The highest BCUT2D eigenvalue weighted by atomic mass is 16.5. The van der Waals surface area contributed by atoms with Gasteiger partial charge in [-0.15, -0.1) is 0 Å². The zero-order valence-electron chi connectivity index (χ0n) is 20.9. The number of carbonyl (C=O) groups is 2. The lowest BCUT2D eigenvalue weighted by molar-refractivity contribution is -0.138. The third kappa shape index (κ3) is 7.33. The van der Waals surface area contributed by atoms with Crippen molar-refractivity contribution in [3.63, 3.8) is 0 Å². The Labute approximate surface area is 215 Å². The molecule has 1 saturated carbocycles. The van der Waals surface area contributed by atoms with Crippen LogP contribution in [0.15, 0.2) is 59.4 Å². The topological polar surface area (TPSA) is 123 Å². The molecule has 1 aliphatic carbocycles. The summed E-state index contributed by atoms with van der Waals surface area (Å²) in [5.41, 5.74) is 3.83. The third-order valence-corrected chi connectivity index (χ3v) is 6.67. The summed E-state index contributed by atoms with van der Waals surface area (Å²) >= 11 is 0. The molecule has 9 heteroatoms. The van der Waals surface area contributed by atoms with Crippen molar-refractivity contribution < 1.29 is 19.4 Å². The molecular weight excluding hydrogens is 472 g/mol. The number of aromatic nitrogens is 3. The predicted molar refractivity (Wildman–Crippen MR) is 139 cm³/mol. The van der Waals surface area contributed by atoms with Crippen LogP contribution in [0.1, 0.15) is 31.2 Å². The molecule has 0 unspecified atom stereocenters. The fourth-order valence-electron chi connectivity index (χ4n) is 4.61. The number of aryl methyl sites for hydroxylation is 1. The van der Waals surface area contributed by atoms with Gasteiger partial charge in [0.1, 0.15) is 24.5 Å². The van der Waals surface area contributed by atoms with E-state index in [0.717, 1.165) is 42.4 Å². The largest absolute Gasteiger partial charge is 0.480 e. The van der Waals surface area contributed by atoms with E-state index in [1.165, 1.54) is 4.68 Å². The van der Waals surface area contributed by atoms with Crippen molar-refractivity contribution in [3.05, 3.63) is 70.6 Å². The number of rotatable bonds is 10. The Bertz CT molecular complexity index is 1270. The summed E-state index contributed by atoms with van der Waals surface area (Å²) in [6.45, 7) is 2.44. The lowest BCUT2D eigenvalue weighted by Crippen LogP contribution is -2.33. The Hall–Kier alpha value is -3.85. The van der Waals surface area contributed by atoms with E-state index in [4.69, 9.17) is 14.9 Å². The maximum atomic E-state index is 13.0. The second kappa shape index (κ2) is 12.4. The zero-order valence-corrected chi connectivity index (χ0v) is 20.9. The van der Waals surface area contributed by atoms with Gasteiger partial charge in [-0.1, -0.05) is 60.2 Å². The minimum absolute atomic E-state index is 0.145. The van der Waals surface area contributed by atoms with Gasteiger partial charge in [0, 0.05) is 17.7 Å². The van der Waals surface area contributed by atoms with E-state index >= 15 is 0 Å². The molecule has 1 aliphatic rings. The van der Waals surface area contributed by atoms with Gasteiger partial charge in [-0.25, -0.2) is 9.48 Å². The number of benzene rings is 2. The number of carboxylic acids is 1. The van der Waals surface area contributed by atoms with Crippen LogP contribution in [-0.2, 0) is 20.9 Å². The predicted octanol–water partition coefficient (Wildman–Crippen LogP) is 3.30. The Morgan fingerprint density at radius 3 is 2.30 bits per heavy atom. The van der Waals surface area contributed by atoms with E-state index in [2.05, 4.69) is 10.3 Å². The molecule has 0 radical (unpaired) electrons. The van der Waals surface area contributed by atoms with Gasteiger partial charge in [0.05, 0.1) is 6.61 Å². The first-order valence-corrected chi connectivity index (χ1v) is 12.6. The van der Waals surface area contributed by atoms with Gasteiger partial charge in [-0.2, -0.15) is 10.1 Å². The highest BCUT2D eigenvalue weighted by Gasteiger charge is 2.24. The van der Waals surface area contributed by atoms with Crippen molar-refractivity contribution in [1.29, 1.82) is 0 Å². The van der Waals surface area contributed by atoms with E-state index in [-0.39, 0.29) is 12.3 Å². The fraction of sp³-hybridized carbons (Fsp3) is 0.393. The van der Waals surface area contributed by atoms with Crippen LogP contribution in [0.5, 0.6) is 0 Å². The summed E-state index contributed by atoms with van der Waals surface area (Å²) in [7, 11) is 0. The smallest absolute Gasteiger partial charge is 0.364 e. The van der Waals surface area contributed by atoms with Gasteiger partial charge < -0.3 is 15.2 Å². The number of ether oxygens (including phenoxy) is 1. The van der Waals surface area contributed by atoms with Crippen molar-refractivity contribution in [2.75, 3.05) is 19.8 Å². The first-order chi connectivity index (χ1) is 17.9. The van der Waals surface area contributed by atoms with Crippen molar-refractivity contribution in [1.82, 2.24) is 20.1 Å². The number of carbonyl (C=O) groups excluding carboxylic acids is 1. The van der Waals surface area contributed by atoms with Crippen LogP contribution in [0, 0.1) is 18.8 Å². The summed E-state index contributed by atoms with van der Waals surface area (Å²) in [5, 5.41) is 15.7. The quantitative estimate of drug-likeness (QED) is 0.434. The first-order valence-electron chi connectivity index (χ1n) is 12.6. The molecule has 0 atom stereocenters. The number of amides is 1. The van der Waals surface area contributed by atoms with E-state index in [9.17, 15) is 14.4 Å². The SMILES string of the molecule is Cc1ccc(-c2nn(CC3CCC(COCC(=O)NCC(=O)O)CC3)c(=O)nc2-c2ccccc2)cc1. The Morgan fingerprint density at radius 2 is 1.62 bits per heavy atom. The number of nitrogens with one attached hydrogen (secondary N) is 1. The standard InChI is InChI=1S/C28H32N4O5/c1-19-7-13-23(14-8-19)27-26(22-5-3-2-4-6-22)30-28(36)32(31-27)16-20-9-11-21(12-10-20)17-37-18-24(33)29-15-25(34)35/h2-8,13-14,20-21H,9-12,15-18H2,1H3,(H,29,33)(H,34,35). The molecule has 4 rings (SSSR count). The average Bonchev–Trinajstić information content (AvgIpc) is 2.90. The summed E-state index contributed by atoms with van der Waals surface area (Å²) in [6.07, 6.45) is 3.70. The monoisotopic (exact) mass is 504 g/mol. The molecule has 194 valence electrons. The molecule has 9 nitrogen and oxygen atoms in total. The summed E-state index contributed by atoms with van der Waals surface area (Å²) in [5.74, 6) is -0.890. The molecule has 1 aromatic heterocycles. The van der Waals surface area contributed by atoms with Crippen LogP contribution >= 0.6 is 0 Å². The molecule has 0 saturated heterocycles. The molecular formula is C28H32N4O5. The van der Waals surface area contributed by atoms with Crippen LogP contribution in [0.25, 0.3) is 22.5 Å². The lowest BCUT2D eigenvalue weighted by Gasteiger charge is -2.28. The van der Waals surface area contributed by atoms with Gasteiger partial charge in [0.15, 0.2) is 0 Å². The molecule has 3 aromatic rings. The maximum absolute atomic E-state index is 13.0. The molecule has 2 N–H and O–H groups in total. The first kappa shape index (κ1) is 26.2. The maximum Gasteiger partial charge on any atom is 0.364 e. The van der Waals surface area contributed by atoms with Gasteiger partial charge in [-0.3, -0.25) is 9.59 Å². The molecule has 37 heavy (non-hydrogen) atoms. The van der Waals surface area contributed by atoms with Gasteiger partial charge in [0.25, 0.3) is 0 Å². The van der Waals surface area contributed by atoms with Crippen molar-refractivity contribution in [2.24, 2.45) is 11.8 Å². The van der Waals surface area contributed by atoms with Gasteiger partial charge in [0.2, 0.25) is 5.91 Å².